The number of halogens is 3. The van der Waals surface area contributed by atoms with E-state index in [1.807, 2.05) is 18.3 Å². The van der Waals surface area contributed by atoms with Crippen molar-refractivity contribution in [2.75, 3.05) is 58.2 Å². The Morgan fingerprint density at radius 3 is 2.50 bits per heavy atom. The number of thioether (sulfide) groups is 1. The molecule has 9 nitrogen and oxygen atoms in total. The van der Waals surface area contributed by atoms with Gasteiger partial charge in [-0.05, 0) is 76.1 Å². The van der Waals surface area contributed by atoms with E-state index in [4.69, 9.17) is 5.10 Å². The largest absolute Gasteiger partial charge is 0.417 e. The number of pyridine rings is 1. The van der Waals surface area contributed by atoms with Crippen molar-refractivity contribution in [3.8, 4) is 11.3 Å². The van der Waals surface area contributed by atoms with Crippen molar-refractivity contribution in [1.29, 1.82) is 0 Å². The van der Waals surface area contributed by atoms with Crippen molar-refractivity contribution in [3.05, 3.63) is 65.1 Å². The second-order valence-corrected chi connectivity index (χ2v) is 14.3. The molecule has 1 atom stereocenters. The summed E-state index contributed by atoms with van der Waals surface area (Å²) in [4.78, 5) is 23.3. The Kier molecular flexibility index (Phi) is 11.4. The smallest absolute Gasteiger partial charge is 0.390 e. The minimum atomic E-state index is -4.49. The molecule has 6 rings (SSSR count). The molecule has 5 heterocycles. The zero-order chi connectivity index (χ0) is 33.7. The molecule has 3 aromatic rings. The Labute approximate surface area is 284 Å². The molecule has 2 fully saturated rings. The van der Waals surface area contributed by atoms with Crippen molar-refractivity contribution in [2.45, 2.75) is 74.7 Å². The average molecular weight is 687 g/mol. The molecule has 13 heteroatoms. The fraction of sp³-hybridized carbons (Fsp3) is 0.571. The summed E-state index contributed by atoms with van der Waals surface area (Å²) >= 11 is 1.22. The van der Waals surface area contributed by atoms with E-state index >= 15 is 0 Å². The number of aliphatic hydroxyl groups is 2. The average Bonchev–Trinajstić information content (AvgIpc) is 3.45. The Morgan fingerprint density at radius 1 is 1.00 bits per heavy atom. The number of aliphatic hydroxyl groups excluding tert-OH is 2. The number of nitrogens with zero attached hydrogens (tertiary/aromatic N) is 6. The molecule has 0 radical (unpaired) electrons. The molecule has 260 valence electrons. The van der Waals surface area contributed by atoms with Gasteiger partial charge in [0.2, 0.25) is 5.91 Å². The van der Waals surface area contributed by atoms with Crippen LogP contribution in [0.2, 0.25) is 0 Å². The number of benzene rings is 1. The van der Waals surface area contributed by atoms with Gasteiger partial charge in [-0.2, -0.15) is 18.3 Å². The first-order valence-electron chi connectivity index (χ1n) is 17.0. The normalized spacial score (nSPS) is 19.0. The number of likely N-dealkylation sites (tertiary alicyclic amines) is 2. The summed E-state index contributed by atoms with van der Waals surface area (Å²) in [6.07, 6.45) is 2.46. The monoisotopic (exact) mass is 686 g/mol. The number of carbonyl (C=O) groups excluding carboxylic acids is 1. The fourth-order valence-electron chi connectivity index (χ4n) is 7.26. The number of β-amino-alcohol motifs (C(OH)–C–C–N with tert-alkyl or cyclic N) is 1. The lowest BCUT2D eigenvalue weighted by Gasteiger charge is -2.33. The van der Waals surface area contributed by atoms with Gasteiger partial charge in [0.15, 0.2) is 0 Å². The Balaban J connectivity index is 1.20. The van der Waals surface area contributed by atoms with Gasteiger partial charge in [-0.1, -0.05) is 18.6 Å². The van der Waals surface area contributed by atoms with Gasteiger partial charge in [0.05, 0.1) is 23.9 Å². The number of hydrogen-bond donors (Lipinski definition) is 2. The molecule has 2 N–H and O–H groups in total. The molecule has 2 saturated heterocycles. The van der Waals surface area contributed by atoms with E-state index in [2.05, 4.69) is 20.9 Å². The number of aromatic nitrogens is 3. The zero-order valence-electron chi connectivity index (χ0n) is 27.2. The van der Waals surface area contributed by atoms with Crippen LogP contribution in [0, 0.1) is 0 Å². The highest BCUT2D eigenvalue weighted by atomic mass is 32.2. The maximum absolute atomic E-state index is 14.1. The van der Waals surface area contributed by atoms with E-state index in [-0.39, 0.29) is 18.0 Å². The van der Waals surface area contributed by atoms with Crippen LogP contribution in [0.4, 0.5) is 13.2 Å². The summed E-state index contributed by atoms with van der Waals surface area (Å²) in [7, 11) is 0. The lowest BCUT2D eigenvalue weighted by atomic mass is 9.93. The highest BCUT2D eigenvalue weighted by Crippen LogP contribution is 2.40. The Morgan fingerprint density at radius 2 is 1.79 bits per heavy atom. The van der Waals surface area contributed by atoms with Crippen molar-refractivity contribution >= 4 is 17.7 Å². The van der Waals surface area contributed by atoms with Gasteiger partial charge >= 0.3 is 6.18 Å². The second kappa shape index (κ2) is 15.7. The topological polar surface area (TPSA) is 98.0 Å². The predicted molar refractivity (Wildman–Crippen MR) is 179 cm³/mol. The minimum absolute atomic E-state index is 0.161. The molecule has 3 aliphatic heterocycles. The van der Waals surface area contributed by atoms with E-state index in [9.17, 15) is 28.2 Å². The molecular formula is C35H45F3N6O3S. The maximum atomic E-state index is 14.1. The van der Waals surface area contributed by atoms with E-state index in [0.717, 1.165) is 81.4 Å². The van der Waals surface area contributed by atoms with Crippen LogP contribution >= 0.6 is 11.8 Å². The van der Waals surface area contributed by atoms with Gasteiger partial charge in [0.25, 0.3) is 0 Å². The number of alkyl halides is 3. The summed E-state index contributed by atoms with van der Waals surface area (Å²) in [6.45, 7) is 5.06. The molecule has 1 aromatic carbocycles. The van der Waals surface area contributed by atoms with Crippen LogP contribution in [0.1, 0.15) is 60.5 Å². The molecule has 3 aliphatic rings. The van der Waals surface area contributed by atoms with Gasteiger partial charge in [0, 0.05) is 77.9 Å². The molecule has 48 heavy (non-hydrogen) atoms. The molecule has 0 aliphatic carbocycles. The molecule has 0 bridgehead atoms. The number of fused-ring (bicyclic) bond motifs is 1. The van der Waals surface area contributed by atoms with Crippen LogP contribution in [0.25, 0.3) is 11.3 Å². The standard InChI is InChI=1S/C35H45F3N6O3S/c36-35(37,38)29-8-7-26(20-32(29)48-19-18-41-13-4-1-5-14-41)34-28-23-43(33(47)24-45)17-11-31(28)44(40-34)22-27(46)21-42-15-9-25(10-16-42)30-6-2-3-12-39-30/h2-3,6-8,12,20,25,27,45-46H,1,4-5,9-11,13-19,21-24H2. The molecule has 1 amide bonds. The van der Waals surface area contributed by atoms with E-state index in [0.29, 0.717) is 42.4 Å². The number of carbonyl (C=O) groups is 1. The fourth-order valence-corrected chi connectivity index (χ4v) is 8.38. The minimum Gasteiger partial charge on any atom is -0.390 e. The van der Waals surface area contributed by atoms with Crippen LogP contribution in [0.5, 0.6) is 0 Å². The number of amides is 1. The van der Waals surface area contributed by atoms with E-state index in [1.54, 1.807) is 15.6 Å². The quantitative estimate of drug-likeness (QED) is 0.282. The predicted octanol–water partition coefficient (Wildman–Crippen LogP) is 4.66. The van der Waals surface area contributed by atoms with Crippen LogP contribution in [-0.2, 0) is 30.5 Å². The molecule has 0 saturated carbocycles. The first-order valence-corrected chi connectivity index (χ1v) is 18.0. The summed E-state index contributed by atoms with van der Waals surface area (Å²) < 4.78 is 44.1. The van der Waals surface area contributed by atoms with Crippen molar-refractivity contribution in [1.82, 2.24) is 29.5 Å². The van der Waals surface area contributed by atoms with Crippen LogP contribution in [-0.4, -0.2) is 110 Å². The molecule has 1 unspecified atom stereocenters. The van der Waals surface area contributed by atoms with Crippen molar-refractivity contribution in [2.24, 2.45) is 0 Å². The third kappa shape index (κ3) is 8.42. The highest BCUT2D eigenvalue weighted by Gasteiger charge is 2.35. The Hall–Kier alpha value is -2.97. The Bertz CT molecular complexity index is 1520. The van der Waals surface area contributed by atoms with Crippen molar-refractivity contribution < 1.29 is 28.2 Å². The molecule has 0 spiro atoms. The van der Waals surface area contributed by atoms with Gasteiger partial charge in [-0.15, -0.1) is 11.8 Å². The zero-order valence-corrected chi connectivity index (χ0v) is 28.1. The van der Waals surface area contributed by atoms with Crippen molar-refractivity contribution in [3.63, 3.8) is 0 Å². The van der Waals surface area contributed by atoms with Crippen LogP contribution in [0.15, 0.2) is 47.5 Å². The second-order valence-electron chi connectivity index (χ2n) is 13.1. The number of piperidine rings is 2. The lowest BCUT2D eigenvalue weighted by Crippen LogP contribution is -2.40. The molecular weight excluding hydrogens is 641 g/mol. The van der Waals surface area contributed by atoms with E-state index < -0.39 is 30.4 Å². The third-order valence-corrected chi connectivity index (χ3v) is 10.9. The maximum Gasteiger partial charge on any atom is 0.417 e. The summed E-state index contributed by atoms with van der Waals surface area (Å²) in [5.41, 5.74) is 3.10. The van der Waals surface area contributed by atoms with E-state index in [1.165, 1.54) is 24.2 Å². The van der Waals surface area contributed by atoms with Gasteiger partial charge in [-0.3, -0.25) is 14.5 Å². The summed E-state index contributed by atoms with van der Waals surface area (Å²) in [6, 6.07) is 10.2. The van der Waals surface area contributed by atoms with Gasteiger partial charge < -0.3 is 24.9 Å². The number of rotatable bonds is 11. The first-order chi connectivity index (χ1) is 23.2. The first kappa shape index (κ1) is 34.9. The number of hydrogen-bond acceptors (Lipinski definition) is 8. The van der Waals surface area contributed by atoms with Crippen LogP contribution in [0.3, 0.4) is 0 Å². The third-order valence-electron chi connectivity index (χ3n) is 9.84. The summed E-state index contributed by atoms with van der Waals surface area (Å²) in [5.74, 6) is 0.541. The van der Waals surface area contributed by atoms with Gasteiger partial charge in [-0.25, -0.2) is 0 Å². The van der Waals surface area contributed by atoms with Crippen LogP contribution < -0.4 is 0 Å². The SMILES string of the molecule is O=C(CO)N1CCc2c(c(-c3ccc(C(F)(F)F)c(SCCN4CCCCC4)c3)nn2CC(O)CN2CCC(c3ccccn3)CC2)C1. The summed E-state index contributed by atoms with van der Waals surface area (Å²) in [5, 5.41) is 25.6. The molecule has 2 aromatic heterocycles. The lowest BCUT2D eigenvalue weighted by molar-refractivity contribution is -0.139. The highest BCUT2D eigenvalue weighted by molar-refractivity contribution is 7.99. The van der Waals surface area contributed by atoms with Gasteiger partial charge in [0.1, 0.15) is 6.61 Å².